The van der Waals surface area contributed by atoms with Gasteiger partial charge in [-0.3, -0.25) is 4.79 Å². The third kappa shape index (κ3) is 4.13. The molecule has 1 heterocycles. The highest BCUT2D eigenvalue weighted by Gasteiger charge is 2.18. The summed E-state index contributed by atoms with van der Waals surface area (Å²) in [5, 5.41) is 2.68. The van der Waals surface area contributed by atoms with Gasteiger partial charge >= 0.3 is 0 Å². The van der Waals surface area contributed by atoms with Gasteiger partial charge in [-0.1, -0.05) is 24.3 Å². The molecule has 0 aliphatic carbocycles. The van der Waals surface area contributed by atoms with E-state index in [1.165, 1.54) is 11.3 Å². The van der Waals surface area contributed by atoms with E-state index in [1.54, 1.807) is 12.1 Å². The fraction of sp³-hybridized carbons (Fsp3) is 0.350. The fourth-order valence-corrected chi connectivity index (χ4v) is 3.41. The maximum Gasteiger partial charge on any atom is 0.207 e. The molecule has 0 saturated carbocycles. The van der Waals surface area contributed by atoms with Crippen LogP contribution in [-0.4, -0.2) is 19.5 Å². The highest BCUT2D eigenvalue weighted by molar-refractivity contribution is 5.49. The van der Waals surface area contributed by atoms with Crippen molar-refractivity contribution < 1.29 is 9.18 Å². The molecule has 1 atom stereocenters. The second-order valence-electron chi connectivity index (χ2n) is 6.33. The summed E-state index contributed by atoms with van der Waals surface area (Å²) in [5.41, 5.74) is 3.57. The van der Waals surface area contributed by atoms with Gasteiger partial charge in [-0.15, -0.1) is 0 Å². The molecule has 1 saturated heterocycles. The van der Waals surface area contributed by atoms with E-state index in [2.05, 4.69) is 34.5 Å². The number of carbonyl (C=O) groups is 1. The Bertz CT molecular complexity index is 654. The van der Waals surface area contributed by atoms with Gasteiger partial charge in [0.15, 0.2) is 0 Å². The van der Waals surface area contributed by atoms with Gasteiger partial charge < -0.3 is 10.2 Å². The number of rotatable bonds is 5. The van der Waals surface area contributed by atoms with Gasteiger partial charge in [0, 0.05) is 25.3 Å². The topological polar surface area (TPSA) is 32.3 Å². The van der Waals surface area contributed by atoms with Crippen molar-refractivity contribution in [2.75, 3.05) is 18.0 Å². The van der Waals surface area contributed by atoms with Crippen LogP contribution in [0.5, 0.6) is 0 Å². The number of hydrogen-bond acceptors (Lipinski definition) is 2. The zero-order valence-corrected chi connectivity index (χ0v) is 13.7. The van der Waals surface area contributed by atoms with Crippen LogP contribution in [0.15, 0.2) is 48.5 Å². The Hall–Kier alpha value is -2.36. The summed E-state index contributed by atoms with van der Waals surface area (Å²) in [4.78, 5) is 12.8. The van der Waals surface area contributed by atoms with Crippen molar-refractivity contribution in [1.29, 1.82) is 0 Å². The zero-order chi connectivity index (χ0) is 16.8. The molecule has 0 aromatic heterocycles. The summed E-state index contributed by atoms with van der Waals surface area (Å²) in [6.45, 7) is 2.62. The first-order valence-corrected chi connectivity index (χ1v) is 8.52. The van der Waals surface area contributed by atoms with Gasteiger partial charge in [-0.2, -0.15) is 0 Å². The quantitative estimate of drug-likeness (QED) is 0.847. The molecule has 0 radical (unpaired) electrons. The van der Waals surface area contributed by atoms with Gasteiger partial charge in [0.2, 0.25) is 6.41 Å². The Kier molecular flexibility index (Phi) is 5.47. The maximum atomic E-state index is 13.1. The van der Waals surface area contributed by atoms with Gasteiger partial charge in [0.1, 0.15) is 5.82 Å². The van der Waals surface area contributed by atoms with E-state index in [0.29, 0.717) is 12.5 Å². The monoisotopic (exact) mass is 326 g/mol. The van der Waals surface area contributed by atoms with Crippen LogP contribution < -0.4 is 10.2 Å². The molecule has 2 aromatic rings. The van der Waals surface area contributed by atoms with Crippen molar-refractivity contribution in [3.8, 4) is 0 Å². The van der Waals surface area contributed by atoms with Crippen LogP contribution in [0.25, 0.3) is 0 Å². The van der Waals surface area contributed by atoms with Crippen LogP contribution >= 0.6 is 0 Å². The zero-order valence-electron chi connectivity index (χ0n) is 13.7. The van der Waals surface area contributed by atoms with Crippen molar-refractivity contribution >= 4 is 12.1 Å². The number of anilines is 1. The molecule has 1 amide bonds. The number of amides is 1. The van der Waals surface area contributed by atoms with Crippen LogP contribution in [-0.2, 0) is 11.3 Å². The van der Waals surface area contributed by atoms with Gasteiger partial charge in [-0.05, 0) is 60.6 Å². The lowest BCUT2D eigenvalue weighted by Gasteiger charge is -2.23. The first kappa shape index (κ1) is 16.5. The highest BCUT2D eigenvalue weighted by Crippen LogP contribution is 2.30. The first-order chi connectivity index (χ1) is 11.8. The number of halogens is 1. The molecule has 1 aliphatic rings. The maximum absolute atomic E-state index is 13.1. The fourth-order valence-electron chi connectivity index (χ4n) is 3.41. The van der Waals surface area contributed by atoms with Crippen LogP contribution in [0.1, 0.15) is 36.3 Å². The third-order valence-corrected chi connectivity index (χ3v) is 4.76. The van der Waals surface area contributed by atoms with Gasteiger partial charge in [-0.25, -0.2) is 4.39 Å². The number of carbonyl (C=O) groups excluding carboxylic acids is 1. The van der Waals surface area contributed by atoms with Crippen LogP contribution in [0.2, 0.25) is 0 Å². The molecule has 0 spiro atoms. The van der Waals surface area contributed by atoms with Crippen LogP contribution in [0, 0.1) is 5.82 Å². The highest BCUT2D eigenvalue weighted by atomic mass is 19.1. The lowest BCUT2D eigenvalue weighted by atomic mass is 9.92. The molecule has 1 aliphatic heterocycles. The van der Waals surface area contributed by atoms with Crippen molar-refractivity contribution in [3.63, 3.8) is 0 Å². The van der Waals surface area contributed by atoms with Crippen LogP contribution in [0.4, 0.5) is 10.1 Å². The molecule has 126 valence electrons. The summed E-state index contributed by atoms with van der Waals surface area (Å²) in [6, 6.07) is 15.3. The lowest BCUT2D eigenvalue weighted by molar-refractivity contribution is -0.109. The van der Waals surface area contributed by atoms with E-state index in [4.69, 9.17) is 0 Å². The molecule has 4 heteroatoms. The third-order valence-electron chi connectivity index (χ3n) is 4.76. The van der Waals surface area contributed by atoms with E-state index in [1.807, 2.05) is 12.1 Å². The lowest BCUT2D eigenvalue weighted by Crippen LogP contribution is -2.24. The molecule has 1 N–H and O–H groups in total. The SMILES string of the molecule is O=CNCc1ccc(N2CCCC(c3ccc(F)cc3)CC2)cc1. The Labute approximate surface area is 142 Å². The molecule has 2 aromatic carbocycles. The summed E-state index contributed by atoms with van der Waals surface area (Å²) in [7, 11) is 0. The van der Waals surface area contributed by atoms with Crippen molar-refractivity contribution in [3.05, 3.63) is 65.5 Å². The second-order valence-corrected chi connectivity index (χ2v) is 6.33. The average molecular weight is 326 g/mol. The smallest absolute Gasteiger partial charge is 0.207 e. The summed E-state index contributed by atoms with van der Waals surface area (Å²) in [5.74, 6) is 0.338. The van der Waals surface area contributed by atoms with Gasteiger partial charge in [0.05, 0.1) is 0 Å². The Morgan fingerprint density at radius 3 is 2.50 bits per heavy atom. The van der Waals surface area contributed by atoms with E-state index in [-0.39, 0.29) is 5.82 Å². The van der Waals surface area contributed by atoms with Crippen molar-refractivity contribution in [2.24, 2.45) is 0 Å². The van der Waals surface area contributed by atoms with E-state index < -0.39 is 0 Å². The van der Waals surface area contributed by atoms with Gasteiger partial charge in [0.25, 0.3) is 0 Å². The van der Waals surface area contributed by atoms with Crippen molar-refractivity contribution in [1.82, 2.24) is 5.32 Å². The summed E-state index contributed by atoms with van der Waals surface area (Å²) in [6.07, 6.45) is 4.08. The minimum absolute atomic E-state index is 0.168. The minimum atomic E-state index is -0.168. The van der Waals surface area contributed by atoms with Crippen molar-refractivity contribution in [2.45, 2.75) is 31.7 Å². The Balaban J connectivity index is 1.62. The Morgan fingerprint density at radius 1 is 1.04 bits per heavy atom. The second kappa shape index (κ2) is 7.95. The Morgan fingerprint density at radius 2 is 1.79 bits per heavy atom. The predicted molar refractivity (Wildman–Crippen MR) is 94.6 cm³/mol. The number of hydrogen-bond donors (Lipinski definition) is 1. The van der Waals surface area contributed by atoms with Crippen LogP contribution in [0.3, 0.4) is 0 Å². The number of nitrogens with zero attached hydrogens (tertiary/aromatic N) is 1. The molecule has 3 rings (SSSR count). The average Bonchev–Trinajstić information content (AvgIpc) is 2.87. The largest absolute Gasteiger partial charge is 0.372 e. The number of nitrogens with one attached hydrogen (secondary N) is 1. The summed E-state index contributed by atoms with van der Waals surface area (Å²) >= 11 is 0. The standard InChI is InChI=1S/C20H23FN2O/c21-19-7-5-18(6-8-19)17-2-1-12-23(13-11-17)20-9-3-16(4-10-20)14-22-15-24/h3-10,15,17H,1-2,11-14H2,(H,22,24). The molecular weight excluding hydrogens is 303 g/mol. The molecule has 1 fully saturated rings. The molecular formula is C20H23FN2O. The predicted octanol–water partition coefficient (Wildman–Crippen LogP) is 3.85. The molecule has 24 heavy (non-hydrogen) atoms. The minimum Gasteiger partial charge on any atom is -0.372 e. The van der Waals surface area contributed by atoms with E-state index in [0.717, 1.165) is 44.3 Å². The molecule has 3 nitrogen and oxygen atoms in total. The van der Waals surface area contributed by atoms with E-state index in [9.17, 15) is 9.18 Å². The molecule has 0 bridgehead atoms. The normalized spacial score (nSPS) is 18.0. The molecule has 1 unspecified atom stereocenters. The summed E-state index contributed by atoms with van der Waals surface area (Å²) < 4.78 is 13.1. The van der Waals surface area contributed by atoms with E-state index >= 15 is 0 Å². The number of benzene rings is 2. The first-order valence-electron chi connectivity index (χ1n) is 8.52.